The summed E-state index contributed by atoms with van der Waals surface area (Å²) in [5.41, 5.74) is -1.05. The highest BCUT2D eigenvalue weighted by Crippen LogP contribution is 3.02. The molecule has 0 atom stereocenters. The molecule has 3 aromatic rings. The first-order valence-electron chi connectivity index (χ1n) is 11.2. The molecule has 1 saturated carbocycles. The third-order valence-electron chi connectivity index (χ3n) is 6.28. The largest absolute Gasteiger partial charge is 0.468 e. The van der Waals surface area contributed by atoms with Gasteiger partial charge < -0.3 is 14.8 Å². The zero-order chi connectivity index (χ0) is 29.7. The van der Waals surface area contributed by atoms with Gasteiger partial charge in [-0.2, -0.15) is 10.4 Å². The van der Waals surface area contributed by atoms with Crippen molar-refractivity contribution in [2.75, 3.05) is 19.5 Å². The SMILES string of the molecule is COC(=O)c1ccc(CNc2c(C3(C(=O)OC)CC3)c(C#N)nn2-c2c(Cl)cc(S(F)(F)(F)(F)F)cc2Cl)cc1. The van der Waals surface area contributed by atoms with Crippen molar-refractivity contribution in [2.45, 2.75) is 29.7 Å². The lowest BCUT2D eigenvalue weighted by atomic mass is 9.95. The maximum Gasteiger partial charge on any atom is 0.337 e. The van der Waals surface area contributed by atoms with Crippen LogP contribution in [-0.2, 0) is 26.2 Å². The van der Waals surface area contributed by atoms with Crippen LogP contribution in [0, 0.1) is 11.3 Å². The number of hydrogen-bond acceptors (Lipinski definition) is 7. The number of nitrogens with zero attached hydrogens (tertiary/aromatic N) is 3. The Hall–Kier alpha value is -3.54. The number of halogens is 7. The fourth-order valence-electron chi connectivity index (χ4n) is 4.18. The fourth-order valence-corrected chi connectivity index (χ4v) is 5.64. The van der Waals surface area contributed by atoms with Crippen LogP contribution in [0.25, 0.3) is 5.69 Å². The van der Waals surface area contributed by atoms with E-state index in [0.717, 1.165) is 11.8 Å². The molecule has 40 heavy (non-hydrogen) atoms. The molecule has 214 valence electrons. The van der Waals surface area contributed by atoms with Crippen LogP contribution in [0.4, 0.5) is 25.2 Å². The average Bonchev–Trinajstić information content (AvgIpc) is 3.60. The van der Waals surface area contributed by atoms with Crippen molar-refractivity contribution in [2.24, 2.45) is 0 Å². The molecule has 1 aliphatic carbocycles. The van der Waals surface area contributed by atoms with Crippen molar-refractivity contribution in [1.82, 2.24) is 9.78 Å². The van der Waals surface area contributed by atoms with Crippen molar-refractivity contribution in [3.05, 3.63) is 68.8 Å². The number of carbonyl (C=O) groups excluding carboxylic acids is 2. The van der Waals surface area contributed by atoms with Crippen LogP contribution in [0.1, 0.15) is 40.0 Å². The van der Waals surface area contributed by atoms with Gasteiger partial charge in [-0.1, -0.05) is 54.8 Å². The number of benzene rings is 2. The van der Waals surface area contributed by atoms with Crippen molar-refractivity contribution in [3.63, 3.8) is 0 Å². The van der Waals surface area contributed by atoms with E-state index in [0.29, 0.717) is 5.56 Å². The molecule has 2 aromatic carbocycles. The first-order valence-corrected chi connectivity index (χ1v) is 13.9. The average molecular weight is 625 g/mol. The van der Waals surface area contributed by atoms with Gasteiger partial charge in [-0.15, -0.1) is 0 Å². The van der Waals surface area contributed by atoms with Gasteiger partial charge >= 0.3 is 22.2 Å². The molecular formula is C24H19Cl2F5N4O4S. The van der Waals surface area contributed by atoms with Gasteiger partial charge in [-0.25, -0.2) is 9.48 Å². The van der Waals surface area contributed by atoms with Gasteiger partial charge in [0.1, 0.15) is 22.5 Å². The van der Waals surface area contributed by atoms with Crippen LogP contribution >= 0.6 is 33.4 Å². The summed E-state index contributed by atoms with van der Waals surface area (Å²) in [5, 5.41) is 15.3. The summed E-state index contributed by atoms with van der Waals surface area (Å²) in [6.45, 7) is 0.00104. The Morgan fingerprint density at radius 3 is 2.10 bits per heavy atom. The Kier molecular flexibility index (Phi) is 6.81. The summed E-state index contributed by atoms with van der Waals surface area (Å²) in [6.07, 6.45) is 0.542. The van der Waals surface area contributed by atoms with Crippen LogP contribution in [-0.4, -0.2) is 35.9 Å². The smallest absolute Gasteiger partial charge is 0.337 e. The van der Waals surface area contributed by atoms with Crippen LogP contribution in [0.5, 0.6) is 0 Å². The molecule has 1 N–H and O–H groups in total. The van der Waals surface area contributed by atoms with E-state index in [4.69, 9.17) is 27.9 Å². The molecule has 0 radical (unpaired) electrons. The van der Waals surface area contributed by atoms with Crippen molar-refractivity contribution in [1.29, 1.82) is 5.26 Å². The topological polar surface area (TPSA) is 106 Å². The van der Waals surface area contributed by atoms with Crippen LogP contribution < -0.4 is 5.32 Å². The molecule has 0 saturated heterocycles. The highest BCUT2D eigenvalue weighted by atomic mass is 35.5. The number of nitrogens with one attached hydrogen (secondary N) is 1. The second-order valence-electron chi connectivity index (χ2n) is 8.92. The van der Waals surface area contributed by atoms with Crippen molar-refractivity contribution < 1.29 is 38.5 Å². The van der Waals surface area contributed by atoms with Crippen LogP contribution in [0.15, 0.2) is 41.3 Å². The predicted octanol–water partition coefficient (Wildman–Crippen LogP) is 7.31. The van der Waals surface area contributed by atoms with Gasteiger partial charge in [0, 0.05) is 6.54 Å². The van der Waals surface area contributed by atoms with Crippen molar-refractivity contribution in [3.8, 4) is 11.8 Å². The summed E-state index contributed by atoms with van der Waals surface area (Å²) >= 11 is 12.1. The quantitative estimate of drug-likeness (QED) is 0.207. The van der Waals surface area contributed by atoms with E-state index in [9.17, 15) is 34.3 Å². The Bertz CT molecular complexity index is 1560. The standard InChI is InChI=1S/C24H19Cl2F5N4O4S/c1-38-22(36)14-5-3-13(4-6-14)12-33-21-19(24(7-8-24)23(37)39-2)18(11-32)34-35(21)20-16(25)9-15(10-17(20)26)40(27,28,29,30)31/h3-6,9-10,33H,7-8,12H2,1-2H3. The Labute approximate surface area is 234 Å². The molecule has 0 spiro atoms. The van der Waals surface area contributed by atoms with Gasteiger partial charge in [0.25, 0.3) is 0 Å². The second kappa shape index (κ2) is 9.25. The summed E-state index contributed by atoms with van der Waals surface area (Å²) < 4.78 is 77.8. The fraction of sp³-hybridized carbons (Fsp3) is 0.250. The van der Waals surface area contributed by atoms with E-state index in [2.05, 4.69) is 15.2 Å². The minimum Gasteiger partial charge on any atom is -0.468 e. The molecule has 0 amide bonds. The number of ether oxygens (including phenoxy) is 2. The summed E-state index contributed by atoms with van der Waals surface area (Å²) in [6, 6.07) is 8.06. The Balaban J connectivity index is 1.88. The number of carbonyl (C=O) groups is 2. The third-order valence-corrected chi connectivity index (χ3v) is 7.98. The first-order chi connectivity index (χ1) is 18.4. The maximum atomic E-state index is 13.5. The lowest BCUT2D eigenvalue weighted by molar-refractivity contribution is -0.143. The van der Waals surface area contributed by atoms with E-state index < -0.39 is 48.2 Å². The normalized spacial score (nSPS) is 15.8. The third kappa shape index (κ3) is 5.41. The lowest BCUT2D eigenvalue weighted by Crippen LogP contribution is -2.24. The highest BCUT2D eigenvalue weighted by molar-refractivity contribution is 8.45. The molecule has 1 aromatic heterocycles. The number of aromatic nitrogens is 2. The molecule has 1 aliphatic rings. The van der Waals surface area contributed by atoms with E-state index in [1.807, 2.05) is 6.07 Å². The number of hydrogen-bond donors (Lipinski definition) is 1. The Morgan fingerprint density at radius 1 is 1.07 bits per heavy atom. The highest BCUT2D eigenvalue weighted by Gasteiger charge is 2.66. The summed E-state index contributed by atoms with van der Waals surface area (Å²) in [7, 11) is -7.77. The van der Waals surface area contributed by atoms with Gasteiger partial charge in [0.05, 0.1) is 40.8 Å². The minimum atomic E-state index is -10.1. The summed E-state index contributed by atoms with van der Waals surface area (Å²) in [4.78, 5) is 22.1. The Morgan fingerprint density at radius 2 is 1.65 bits per heavy atom. The molecule has 0 aliphatic heterocycles. The van der Waals surface area contributed by atoms with Crippen molar-refractivity contribution >= 4 is 51.2 Å². The zero-order valence-electron chi connectivity index (χ0n) is 20.6. The molecule has 8 nitrogen and oxygen atoms in total. The first kappa shape index (κ1) is 29.4. The molecule has 0 unspecified atom stereocenters. The van der Waals surface area contributed by atoms with Gasteiger partial charge in [-0.3, -0.25) is 4.79 Å². The number of esters is 2. The maximum absolute atomic E-state index is 13.5. The van der Waals surface area contributed by atoms with E-state index >= 15 is 0 Å². The molecule has 16 heteroatoms. The number of anilines is 1. The van der Waals surface area contributed by atoms with Gasteiger partial charge in [-0.05, 0) is 42.7 Å². The lowest BCUT2D eigenvalue weighted by Gasteiger charge is -2.40. The predicted molar refractivity (Wildman–Crippen MR) is 138 cm³/mol. The second-order valence-corrected chi connectivity index (χ2v) is 12.1. The van der Waals surface area contributed by atoms with Crippen LogP contribution in [0.3, 0.4) is 0 Å². The van der Waals surface area contributed by atoms with E-state index in [1.165, 1.54) is 19.2 Å². The molecular weight excluding hydrogens is 606 g/mol. The summed E-state index contributed by atoms with van der Waals surface area (Å²) in [5.74, 6) is -1.28. The molecule has 4 rings (SSSR count). The van der Waals surface area contributed by atoms with E-state index in [1.54, 1.807) is 12.1 Å². The van der Waals surface area contributed by atoms with Crippen LogP contribution in [0.2, 0.25) is 10.0 Å². The van der Waals surface area contributed by atoms with Gasteiger partial charge in [0.15, 0.2) is 5.69 Å². The minimum absolute atomic E-state index is 0.00104. The number of methoxy groups -OCH3 is 2. The molecule has 1 fully saturated rings. The van der Waals surface area contributed by atoms with E-state index in [-0.39, 0.29) is 54.2 Å². The molecule has 1 heterocycles. The monoisotopic (exact) mass is 624 g/mol. The molecule has 0 bridgehead atoms. The zero-order valence-corrected chi connectivity index (χ0v) is 22.9. The number of rotatable bonds is 8. The number of nitriles is 1. The van der Waals surface area contributed by atoms with Gasteiger partial charge in [0.2, 0.25) is 0 Å².